The molecule has 1 aromatic rings. The van der Waals surface area contributed by atoms with E-state index >= 15 is 0 Å². The number of nitrogens with zero attached hydrogens (tertiary/aromatic N) is 1. The first-order valence-corrected chi connectivity index (χ1v) is 8.43. The van der Waals surface area contributed by atoms with Crippen LogP contribution < -0.4 is 14.9 Å². The van der Waals surface area contributed by atoms with Crippen LogP contribution in [-0.4, -0.2) is 40.0 Å². The molecule has 114 valence electrons. The maximum atomic E-state index is 12.5. The molecular formula is C14H19N3O3S. The van der Waals surface area contributed by atoms with Gasteiger partial charge in [-0.1, -0.05) is 0 Å². The third-order valence-corrected chi connectivity index (χ3v) is 5.82. The molecule has 2 heterocycles. The first kappa shape index (κ1) is 14.5. The van der Waals surface area contributed by atoms with Crippen molar-refractivity contribution in [3.63, 3.8) is 0 Å². The molecule has 2 aliphatic rings. The predicted molar refractivity (Wildman–Crippen MR) is 79.8 cm³/mol. The SMILES string of the molecule is CN1C(=O)Cc2cc(S(=O)(=O)NC3(C)CCNC3)ccc21. The van der Waals surface area contributed by atoms with E-state index in [2.05, 4.69) is 10.0 Å². The summed E-state index contributed by atoms with van der Waals surface area (Å²) in [5, 5.41) is 3.16. The highest BCUT2D eigenvalue weighted by atomic mass is 32.2. The van der Waals surface area contributed by atoms with Crippen molar-refractivity contribution < 1.29 is 13.2 Å². The molecule has 0 saturated carbocycles. The fourth-order valence-electron chi connectivity index (χ4n) is 2.90. The van der Waals surface area contributed by atoms with E-state index in [-0.39, 0.29) is 17.2 Å². The third kappa shape index (κ3) is 2.56. The lowest BCUT2D eigenvalue weighted by Crippen LogP contribution is -2.47. The maximum absolute atomic E-state index is 12.5. The number of likely N-dealkylation sites (N-methyl/N-ethyl adjacent to an activating group) is 1. The Morgan fingerprint density at radius 2 is 2.14 bits per heavy atom. The van der Waals surface area contributed by atoms with Crippen molar-refractivity contribution in [1.29, 1.82) is 0 Å². The highest BCUT2D eigenvalue weighted by molar-refractivity contribution is 7.89. The molecule has 6 nitrogen and oxygen atoms in total. The summed E-state index contributed by atoms with van der Waals surface area (Å²) in [6.45, 7) is 3.33. The molecule has 1 unspecified atom stereocenters. The minimum absolute atomic E-state index is 0.0144. The Bertz CT molecular complexity index is 693. The monoisotopic (exact) mass is 309 g/mol. The highest BCUT2D eigenvalue weighted by Crippen LogP contribution is 2.30. The lowest BCUT2D eigenvalue weighted by atomic mass is 10.0. The molecular weight excluding hydrogens is 290 g/mol. The Labute approximate surface area is 124 Å². The third-order valence-electron chi connectivity index (χ3n) is 4.19. The fourth-order valence-corrected chi connectivity index (χ4v) is 4.39. The molecule has 0 radical (unpaired) electrons. The van der Waals surface area contributed by atoms with E-state index in [0.29, 0.717) is 6.54 Å². The smallest absolute Gasteiger partial charge is 0.241 e. The van der Waals surface area contributed by atoms with E-state index < -0.39 is 15.6 Å². The van der Waals surface area contributed by atoms with Crippen molar-refractivity contribution in [2.45, 2.75) is 30.2 Å². The topological polar surface area (TPSA) is 78.5 Å². The van der Waals surface area contributed by atoms with Gasteiger partial charge in [-0.25, -0.2) is 13.1 Å². The number of amides is 1. The average molecular weight is 309 g/mol. The summed E-state index contributed by atoms with van der Waals surface area (Å²) in [6.07, 6.45) is 1.02. The Hall–Kier alpha value is -1.44. The van der Waals surface area contributed by atoms with Gasteiger partial charge in [-0.05, 0) is 43.7 Å². The lowest BCUT2D eigenvalue weighted by Gasteiger charge is -2.24. The summed E-state index contributed by atoms with van der Waals surface area (Å²) in [7, 11) is -1.88. The zero-order valence-corrected chi connectivity index (χ0v) is 13.0. The van der Waals surface area contributed by atoms with Crippen LogP contribution in [0.5, 0.6) is 0 Å². The van der Waals surface area contributed by atoms with Gasteiger partial charge in [-0.15, -0.1) is 0 Å². The van der Waals surface area contributed by atoms with Gasteiger partial charge < -0.3 is 10.2 Å². The Balaban J connectivity index is 1.90. The summed E-state index contributed by atoms with van der Waals surface area (Å²) in [5.41, 5.74) is 1.09. The van der Waals surface area contributed by atoms with Crippen LogP contribution in [0.2, 0.25) is 0 Å². The van der Waals surface area contributed by atoms with Crippen molar-refractivity contribution in [2.75, 3.05) is 25.0 Å². The van der Waals surface area contributed by atoms with Gasteiger partial charge in [0, 0.05) is 24.8 Å². The molecule has 1 aromatic carbocycles. The molecule has 0 bridgehead atoms. The van der Waals surface area contributed by atoms with Gasteiger partial charge in [0.05, 0.1) is 11.3 Å². The van der Waals surface area contributed by atoms with E-state index in [1.807, 2.05) is 6.92 Å². The van der Waals surface area contributed by atoms with E-state index in [1.54, 1.807) is 30.1 Å². The normalized spacial score (nSPS) is 25.4. The van der Waals surface area contributed by atoms with Crippen LogP contribution in [0.1, 0.15) is 18.9 Å². The quantitative estimate of drug-likeness (QED) is 0.838. The predicted octanol–water partition coefficient (Wildman–Crippen LogP) is 0.236. The van der Waals surface area contributed by atoms with Crippen LogP contribution in [0.15, 0.2) is 23.1 Å². The number of hydrogen-bond donors (Lipinski definition) is 2. The number of rotatable bonds is 3. The molecule has 1 atom stereocenters. The molecule has 1 amide bonds. The van der Waals surface area contributed by atoms with Crippen LogP contribution in [0, 0.1) is 0 Å². The standard InChI is InChI=1S/C14H19N3O3S/c1-14(5-6-15-9-14)16-21(19,20)11-3-4-12-10(7-11)8-13(18)17(12)2/h3-4,7,15-16H,5-6,8-9H2,1-2H3. The van der Waals surface area contributed by atoms with Crippen LogP contribution in [-0.2, 0) is 21.2 Å². The highest BCUT2D eigenvalue weighted by Gasteiger charge is 2.34. The molecule has 2 N–H and O–H groups in total. The second-order valence-corrected chi connectivity index (χ2v) is 7.70. The molecule has 21 heavy (non-hydrogen) atoms. The molecule has 7 heteroatoms. The first-order valence-electron chi connectivity index (χ1n) is 6.95. The Morgan fingerprint density at radius 1 is 1.38 bits per heavy atom. The summed E-state index contributed by atoms with van der Waals surface area (Å²) < 4.78 is 27.8. The van der Waals surface area contributed by atoms with Crippen LogP contribution in [0.25, 0.3) is 0 Å². The van der Waals surface area contributed by atoms with Crippen LogP contribution in [0.3, 0.4) is 0 Å². The van der Waals surface area contributed by atoms with Gasteiger partial charge in [-0.3, -0.25) is 4.79 Å². The number of carbonyl (C=O) groups is 1. The number of hydrogen-bond acceptors (Lipinski definition) is 4. The Morgan fingerprint density at radius 3 is 2.81 bits per heavy atom. The minimum atomic E-state index is -3.58. The molecule has 0 aliphatic carbocycles. The van der Waals surface area contributed by atoms with E-state index in [0.717, 1.165) is 24.2 Å². The van der Waals surface area contributed by atoms with Crippen molar-refractivity contribution in [1.82, 2.24) is 10.0 Å². The van der Waals surface area contributed by atoms with E-state index in [1.165, 1.54) is 0 Å². The van der Waals surface area contributed by atoms with Crippen molar-refractivity contribution in [3.05, 3.63) is 23.8 Å². The first-order chi connectivity index (χ1) is 9.81. The second kappa shape index (κ2) is 4.79. The molecule has 3 rings (SSSR count). The molecule has 2 aliphatic heterocycles. The van der Waals surface area contributed by atoms with E-state index in [9.17, 15) is 13.2 Å². The van der Waals surface area contributed by atoms with Crippen LogP contribution >= 0.6 is 0 Å². The van der Waals surface area contributed by atoms with Gasteiger partial charge in [0.2, 0.25) is 15.9 Å². The minimum Gasteiger partial charge on any atom is -0.315 e. The van der Waals surface area contributed by atoms with E-state index in [4.69, 9.17) is 0 Å². The zero-order chi connectivity index (χ0) is 15.3. The average Bonchev–Trinajstić information content (AvgIpc) is 2.94. The number of fused-ring (bicyclic) bond motifs is 1. The summed E-state index contributed by atoms with van der Waals surface area (Å²) in [4.78, 5) is 13.5. The number of carbonyl (C=O) groups excluding carboxylic acids is 1. The Kier molecular flexibility index (Phi) is 3.31. The number of sulfonamides is 1. The van der Waals surface area contributed by atoms with Gasteiger partial charge >= 0.3 is 0 Å². The summed E-state index contributed by atoms with van der Waals surface area (Å²) in [6, 6.07) is 4.86. The van der Waals surface area contributed by atoms with Crippen molar-refractivity contribution in [3.8, 4) is 0 Å². The number of anilines is 1. The summed E-state index contributed by atoms with van der Waals surface area (Å²) in [5.74, 6) is -0.0144. The molecule has 1 saturated heterocycles. The molecule has 0 aromatic heterocycles. The molecule has 1 fully saturated rings. The van der Waals surface area contributed by atoms with Gasteiger partial charge in [0.15, 0.2) is 0 Å². The second-order valence-electron chi connectivity index (χ2n) is 6.01. The van der Waals surface area contributed by atoms with Gasteiger partial charge in [0.1, 0.15) is 0 Å². The van der Waals surface area contributed by atoms with Crippen molar-refractivity contribution in [2.24, 2.45) is 0 Å². The number of benzene rings is 1. The van der Waals surface area contributed by atoms with Gasteiger partial charge in [0.25, 0.3) is 0 Å². The van der Waals surface area contributed by atoms with Crippen LogP contribution in [0.4, 0.5) is 5.69 Å². The fraction of sp³-hybridized carbons (Fsp3) is 0.500. The maximum Gasteiger partial charge on any atom is 0.241 e. The lowest BCUT2D eigenvalue weighted by molar-refractivity contribution is -0.117. The van der Waals surface area contributed by atoms with Crippen molar-refractivity contribution >= 4 is 21.6 Å². The summed E-state index contributed by atoms with van der Waals surface area (Å²) >= 11 is 0. The van der Waals surface area contributed by atoms with Gasteiger partial charge in [-0.2, -0.15) is 0 Å². The zero-order valence-electron chi connectivity index (χ0n) is 12.1. The molecule has 0 spiro atoms. The number of nitrogens with one attached hydrogen (secondary N) is 2. The largest absolute Gasteiger partial charge is 0.315 e.